The van der Waals surface area contributed by atoms with Crippen molar-refractivity contribution in [3.63, 3.8) is 0 Å². The van der Waals surface area contributed by atoms with Crippen LogP contribution in [0.2, 0.25) is 0 Å². The van der Waals surface area contributed by atoms with Crippen molar-refractivity contribution in [1.29, 1.82) is 0 Å². The van der Waals surface area contributed by atoms with Gasteiger partial charge in [-0.15, -0.1) is 0 Å². The molecule has 2 unspecified atom stereocenters. The van der Waals surface area contributed by atoms with E-state index in [0.29, 0.717) is 18.3 Å². The van der Waals surface area contributed by atoms with Crippen molar-refractivity contribution >= 4 is 5.97 Å². The maximum atomic E-state index is 11.3. The van der Waals surface area contributed by atoms with Crippen LogP contribution in [0.5, 0.6) is 0 Å². The van der Waals surface area contributed by atoms with Crippen LogP contribution in [0, 0.1) is 23.2 Å². The molecule has 2 rings (SSSR count). The van der Waals surface area contributed by atoms with E-state index < -0.39 is 5.97 Å². The Morgan fingerprint density at radius 3 is 2.33 bits per heavy atom. The Morgan fingerprint density at radius 1 is 1.14 bits per heavy atom. The van der Waals surface area contributed by atoms with Crippen molar-refractivity contribution < 1.29 is 9.90 Å². The maximum Gasteiger partial charge on any atom is 0.303 e. The zero-order valence-corrected chi connectivity index (χ0v) is 13.9. The number of nitrogens with one attached hydrogen (secondary N) is 1. The summed E-state index contributed by atoms with van der Waals surface area (Å²) in [5.41, 5.74) is -0.0163. The van der Waals surface area contributed by atoms with Crippen LogP contribution in [0.4, 0.5) is 0 Å². The lowest BCUT2D eigenvalue weighted by Gasteiger charge is -2.42. The average molecular weight is 295 g/mol. The van der Waals surface area contributed by atoms with Crippen LogP contribution < -0.4 is 5.32 Å². The van der Waals surface area contributed by atoms with Crippen LogP contribution in [-0.2, 0) is 4.79 Å². The molecule has 0 bridgehead atoms. The molecule has 3 nitrogen and oxygen atoms in total. The number of carbonyl (C=O) groups is 1. The highest BCUT2D eigenvalue weighted by molar-refractivity contribution is 5.67. The molecule has 21 heavy (non-hydrogen) atoms. The molecule has 122 valence electrons. The summed E-state index contributed by atoms with van der Waals surface area (Å²) in [5, 5.41) is 13.0. The van der Waals surface area contributed by atoms with Crippen molar-refractivity contribution in [2.75, 3.05) is 13.1 Å². The number of aliphatic carboxylic acids is 1. The molecule has 2 N–H and O–H groups in total. The number of hydrogen-bond acceptors (Lipinski definition) is 2. The quantitative estimate of drug-likeness (QED) is 0.776. The summed E-state index contributed by atoms with van der Waals surface area (Å²) < 4.78 is 0. The summed E-state index contributed by atoms with van der Waals surface area (Å²) in [6.07, 6.45) is 10.6. The van der Waals surface area contributed by atoms with Crippen molar-refractivity contribution in [2.45, 2.75) is 71.6 Å². The molecule has 0 aromatic rings. The minimum absolute atomic E-state index is 0.0163. The zero-order valence-electron chi connectivity index (χ0n) is 13.9. The zero-order chi connectivity index (χ0) is 15.3. The first-order valence-electron chi connectivity index (χ1n) is 8.92. The van der Waals surface area contributed by atoms with Gasteiger partial charge in [-0.05, 0) is 61.8 Å². The molecule has 0 heterocycles. The van der Waals surface area contributed by atoms with Crippen LogP contribution in [0.1, 0.15) is 71.6 Å². The van der Waals surface area contributed by atoms with E-state index in [-0.39, 0.29) is 5.41 Å². The lowest BCUT2D eigenvalue weighted by atomic mass is 9.64. The van der Waals surface area contributed by atoms with Gasteiger partial charge in [0, 0.05) is 6.54 Å². The van der Waals surface area contributed by atoms with E-state index in [1.807, 2.05) is 0 Å². The molecular formula is C18H33NO2. The van der Waals surface area contributed by atoms with Crippen LogP contribution in [0.3, 0.4) is 0 Å². The fourth-order valence-electron chi connectivity index (χ4n) is 5.02. The highest BCUT2D eigenvalue weighted by Crippen LogP contribution is 2.44. The third-order valence-corrected chi connectivity index (χ3v) is 5.55. The van der Waals surface area contributed by atoms with Gasteiger partial charge in [-0.3, -0.25) is 4.79 Å². The van der Waals surface area contributed by atoms with Crippen LogP contribution >= 0.6 is 0 Å². The molecule has 0 aromatic carbocycles. The van der Waals surface area contributed by atoms with Crippen molar-refractivity contribution in [3.05, 3.63) is 0 Å². The normalized spacial score (nSPS) is 34.8. The largest absolute Gasteiger partial charge is 0.481 e. The highest BCUT2D eigenvalue weighted by atomic mass is 16.4. The van der Waals surface area contributed by atoms with Gasteiger partial charge < -0.3 is 10.4 Å². The minimum atomic E-state index is -0.629. The first kappa shape index (κ1) is 16.8. The molecule has 0 amide bonds. The second-order valence-corrected chi connectivity index (χ2v) is 8.06. The Balaban J connectivity index is 1.87. The van der Waals surface area contributed by atoms with Gasteiger partial charge in [0.2, 0.25) is 0 Å². The SMILES string of the molecule is CC1CC(C)CC(CNCC2CCCCC2)(CC(=O)O)C1. The Morgan fingerprint density at radius 2 is 1.76 bits per heavy atom. The first-order valence-corrected chi connectivity index (χ1v) is 8.92. The fourth-order valence-corrected chi connectivity index (χ4v) is 5.02. The van der Waals surface area contributed by atoms with E-state index in [1.165, 1.54) is 38.5 Å². The number of carboxylic acids is 1. The molecule has 2 aliphatic carbocycles. The molecule has 0 aromatic heterocycles. The Labute approximate surface area is 129 Å². The number of carboxylic acid groups (broad SMARTS) is 1. The summed E-state index contributed by atoms with van der Waals surface area (Å²) in [6, 6.07) is 0. The van der Waals surface area contributed by atoms with Gasteiger partial charge in [0.25, 0.3) is 0 Å². The Kier molecular flexibility index (Phi) is 6.09. The molecule has 2 saturated carbocycles. The van der Waals surface area contributed by atoms with Crippen LogP contribution in [0.25, 0.3) is 0 Å². The third kappa shape index (κ3) is 5.28. The monoisotopic (exact) mass is 295 g/mol. The minimum Gasteiger partial charge on any atom is -0.481 e. The highest BCUT2D eigenvalue weighted by Gasteiger charge is 2.39. The summed E-state index contributed by atoms with van der Waals surface area (Å²) in [4.78, 5) is 11.3. The fraction of sp³-hybridized carbons (Fsp3) is 0.944. The standard InChI is InChI=1S/C18H33NO2/c1-14-8-15(2)10-18(9-14,11-17(20)21)13-19-12-16-6-4-3-5-7-16/h14-16,19H,3-13H2,1-2H3,(H,20,21). The van der Waals surface area contributed by atoms with Gasteiger partial charge in [-0.1, -0.05) is 33.1 Å². The summed E-state index contributed by atoms with van der Waals surface area (Å²) in [5.74, 6) is 1.50. The average Bonchev–Trinajstić information content (AvgIpc) is 2.37. The lowest BCUT2D eigenvalue weighted by molar-refractivity contribution is -0.140. The van der Waals surface area contributed by atoms with Gasteiger partial charge in [0.15, 0.2) is 0 Å². The van der Waals surface area contributed by atoms with Gasteiger partial charge >= 0.3 is 5.97 Å². The van der Waals surface area contributed by atoms with Crippen molar-refractivity contribution in [2.24, 2.45) is 23.2 Å². The number of hydrogen-bond donors (Lipinski definition) is 2. The second-order valence-electron chi connectivity index (χ2n) is 8.06. The molecule has 0 aliphatic heterocycles. The van der Waals surface area contributed by atoms with Gasteiger partial charge in [-0.25, -0.2) is 0 Å². The van der Waals surface area contributed by atoms with Crippen molar-refractivity contribution in [1.82, 2.24) is 5.32 Å². The molecule has 3 heteroatoms. The summed E-state index contributed by atoms with van der Waals surface area (Å²) in [6.45, 7) is 6.55. The van der Waals surface area contributed by atoms with Gasteiger partial charge in [0.1, 0.15) is 0 Å². The topological polar surface area (TPSA) is 49.3 Å². The number of rotatable bonds is 6. The molecule has 2 atom stereocenters. The Bertz CT molecular complexity index is 326. The van der Waals surface area contributed by atoms with Gasteiger partial charge in [0.05, 0.1) is 6.42 Å². The predicted octanol–water partition coefficient (Wildman–Crippen LogP) is 4.07. The van der Waals surface area contributed by atoms with E-state index in [2.05, 4.69) is 19.2 Å². The van der Waals surface area contributed by atoms with E-state index in [4.69, 9.17) is 0 Å². The molecular weight excluding hydrogens is 262 g/mol. The second kappa shape index (κ2) is 7.62. The maximum absolute atomic E-state index is 11.3. The summed E-state index contributed by atoms with van der Waals surface area (Å²) >= 11 is 0. The third-order valence-electron chi connectivity index (χ3n) is 5.55. The molecule has 2 fully saturated rings. The first-order chi connectivity index (χ1) is 9.99. The van der Waals surface area contributed by atoms with E-state index >= 15 is 0 Å². The van der Waals surface area contributed by atoms with Gasteiger partial charge in [-0.2, -0.15) is 0 Å². The molecule has 2 aliphatic rings. The predicted molar refractivity (Wildman–Crippen MR) is 86.3 cm³/mol. The Hall–Kier alpha value is -0.570. The smallest absolute Gasteiger partial charge is 0.303 e. The van der Waals surface area contributed by atoms with E-state index in [1.54, 1.807) is 0 Å². The lowest BCUT2D eigenvalue weighted by Crippen LogP contribution is -2.43. The van der Waals surface area contributed by atoms with E-state index in [0.717, 1.165) is 31.8 Å². The van der Waals surface area contributed by atoms with E-state index in [9.17, 15) is 9.90 Å². The summed E-state index contributed by atoms with van der Waals surface area (Å²) in [7, 11) is 0. The molecule has 0 spiro atoms. The molecule has 0 saturated heterocycles. The molecule has 0 radical (unpaired) electrons. The van der Waals surface area contributed by atoms with Crippen LogP contribution in [0.15, 0.2) is 0 Å². The van der Waals surface area contributed by atoms with Crippen molar-refractivity contribution in [3.8, 4) is 0 Å². The van der Waals surface area contributed by atoms with Crippen LogP contribution in [-0.4, -0.2) is 24.2 Å².